The van der Waals surface area contributed by atoms with Gasteiger partial charge in [-0.05, 0) is 109 Å². The molecular formula is C43H87N9. The van der Waals surface area contributed by atoms with E-state index in [1.165, 1.54) is 219 Å². The molecule has 3 aliphatic carbocycles. The van der Waals surface area contributed by atoms with Gasteiger partial charge in [-0.3, -0.25) is 0 Å². The van der Waals surface area contributed by atoms with Gasteiger partial charge in [-0.1, -0.05) is 77.0 Å². The zero-order valence-electron chi connectivity index (χ0n) is 33.9. The monoisotopic (exact) mass is 730 g/mol. The number of fused-ring (bicyclic) bond motifs is 4. The molecule has 12 aliphatic rings. The smallest absolute Gasteiger partial charge is 0.0245 e. The van der Waals surface area contributed by atoms with Crippen molar-refractivity contribution in [2.45, 2.75) is 153 Å². The van der Waals surface area contributed by atoms with Gasteiger partial charge in [0.2, 0.25) is 0 Å². The molecule has 0 aromatic rings. The highest BCUT2D eigenvalue weighted by atomic mass is 15.1. The van der Waals surface area contributed by atoms with Gasteiger partial charge in [0, 0.05) is 88.4 Å². The third kappa shape index (κ3) is 16.8. The molecule has 0 aromatic carbocycles. The molecule has 304 valence electrons. The summed E-state index contributed by atoms with van der Waals surface area (Å²) in [5.41, 5.74) is 0.722. The van der Waals surface area contributed by atoms with Crippen LogP contribution < -0.4 is 47.9 Å². The van der Waals surface area contributed by atoms with E-state index in [2.05, 4.69) is 47.9 Å². The Hall–Kier alpha value is -0.360. The lowest BCUT2D eigenvalue weighted by atomic mass is 9.66. The molecular weight excluding hydrogens is 643 g/mol. The summed E-state index contributed by atoms with van der Waals surface area (Å²) >= 11 is 0. The Morgan fingerprint density at radius 1 is 0.308 bits per heavy atom. The maximum absolute atomic E-state index is 3.59. The highest BCUT2D eigenvalue weighted by Gasteiger charge is 2.42. The van der Waals surface area contributed by atoms with Crippen LogP contribution >= 0.6 is 0 Å². The van der Waals surface area contributed by atoms with Crippen LogP contribution in [0.4, 0.5) is 0 Å². The summed E-state index contributed by atoms with van der Waals surface area (Å²) in [7, 11) is 0. The molecule has 12 rings (SSSR count). The van der Waals surface area contributed by atoms with Crippen molar-refractivity contribution in [3.63, 3.8) is 0 Å². The van der Waals surface area contributed by atoms with Crippen molar-refractivity contribution in [3.05, 3.63) is 0 Å². The van der Waals surface area contributed by atoms with E-state index in [0.29, 0.717) is 0 Å². The number of hydrogen-bond donors (Lipinski definition) is 9. The predicted octanol–water partition coefficient (Wildman–Crippen LogP) is 4.49. The molecule has 6 unspecified atom stereocenters. The van der Waals surface area contributed by atoms with Crippen molar-refractivity contribution >= 4 is 0 Å². The van der Waals surface area contributed by atoms with Gasteiger partial charge in [-0.15, -0.1) is 0 Å². The largest absolute Gasteiger partial charge is 0.317 e. The van der Waals surface area contributed by atoms with Crippen LogP contribution in [-0.4, -0.2) is 116 Å². The second kappa shape index (κ2) is 26.5. The summed E-state index contributed by atoms with van der Waals surface area (Å²) in [5.74, 6) is 3.34. The Balaban J connectivity index is 0.000000116. The first-order valence-electron chi connectivity index (χ1n) is 23.2. The summed E-state index contributed by atoms with van der Waals surface area (Å²) in [6, 6.07) is 2.41. The quantitative estimate of drug-likeness (QED) is 0.178. The second-order valence-electron chi connectivity index (χ2n) is 18.2. The first kappa shape index (κ1) is 42.8. The van der Waals surface area contributed by atoms with Crippen LogP contribution in [0.3, 0.4) is 0 Å². The average Bonchev–Trinajstić information content (AvgIpc) is 3.80. The highest BCUT2D eigenvalue weighted by Crippen LogP contribution is 2.44. The third-order valence-corrected chi connectivity index (χ3v) is 13.7. The molecule has 9 N–H and O–H groups in total. The summed E-state index contributed by atoms with van der Waals surface area (Å²) < 4.78 is 0. The van der Waals surface area contributed by atoms with E-state index in [1.807, 2.05) is 0 Å². The van der Waals surface area contributed by atoms with Gasteiger partial charge in [0.25, 0.3) is 0 Å². The molecule has 3 saturated carbocycles. The maximum Gasteiger partial charge on any atom is 0.0245 e. The minimum atomic E-state index is 0.722. The standard InChI is InChI=1S/C8H14.C7H14N2.C6H12.2C5H10N2.C5H11N.C4H9N.C3H7N/c1-2-4-8-6-5-7(8)3-1;1-2-6-4-8-5-7(3-1)9-6;1-2-4-6-5-3-1;1-5(2-6-1)3-7-4-5;1-4-2-7-5(4)3-6-1;1-2-4-6-5-3-1;1-2-4-5-3-1;1-2-4-3-1/h7-8H,1-6H2;6-9H,1-5H2;1-6H2;6-7H,1-4H2;4-7H,1-3H2;6H,1-5H2;5H,1-4H2;4H,1-3H2. The van der Waals surface area contributed by atoms with E-state index >= 15 is 0 Å². The van der Waals surface area contributed by atoms with Crippen molar-refractivity contribution in [1.82, 2.24) is 47.9 Å². The molecule has 9 aliphatic heterocycles. The predicted molar refractivity (Wildman–Crippen MR) is 222 cm³/mol. The van der Waals surface area contributed by atoms with Crippen LogP contribution in [0, 0.1) is 23.2 Å². The Bertz CT molecular complexity index is 747. The topological polar surface area (TPSA) is 108 Å². The lowest BCUT2D eigenvalue weighted by Crippen LogP contribution is -2.69. The van der Waals surface area contributed by atoms with E-state index in [9.17, 15) is 0 Å². The van der Waals surface area contributed by atoms with E-state index in [0.717, 1.165) is 29.5 Å². The molecule has 9 heterocycles. The Labute approximate surface area is 321 Å². The van der Waals surface area contributed by atoms with Gasteiger partial charge in [0.05, 0.1) is 0 Å². The molecule has 9 nitrogen and oxygen atoms in total. The van der Waals surface area contributed by atoms with Gasteiger partial charge >= 0.3 is 0 Å². The summed E-state index contributed by atoms with van der Waals surface area (Å²) in [6.07, 6.45) is 30.9. The molecule has 9 saturated heterocycles. The van der Waals surface area contributed by atoms with Crippen LogP contribution in [0.25, 0.3) is 0 Å². The molecule has 6 atom stereocenters. The fourth-order valence-corrected chi connectivity index (χ4v) is 9.28. The molecule has 9 heteroatoms. The number of hydrogen-bond acceptors (Lipinski definition) is 9. The zero-order chi connectivity index (χ0) is 35.8. The van der Waals surface area contributed by atoms with E-state index in [1.54, 1.807) is 25.7 Å². The minimum Gasteiger partial charge on any atom is -0.317 e. The van der Waals surface area contributed by atoms with Gasteiger partial charge in [0.1, 0.15) is 0 Å². The van der Waals surface area contributed by atoms with E-state index in [4.69, 9.17) is 0 Å². The van der Waals surface area contributed by atoms with E-state index in [-0.39, 0.29) is 0 Å². The van der Waals surface area contributed by atoms with Gasteiger partial charge in [-0.2, -0.15) is 0 Å². The van der Waals surface area contributed by atoms with Crippen molar-refractivity contribution < 1.29 is 0 Å². The Kier molecular flexibility index (Phi) is 21.8. The second-order valence-corrected chi connectivity index (χ2v) is 18.2. The first-order chi connectivity index (χ1) is 25.8. The minimum absolute atomic E-state index is 0.722. The summed E-state index contributed by atoms with van der Waals surface area (Å²) in [5, 5.41) is 29.8. The number of nitrogens with one attached hydrogen (secondary N) is 9. The molecule has 0 amide bonds. The molecule has 2 bridgehead atoms. The van der Waals surface area contributed by atoms with Crippen molar-refractivity contribution in [2.24, 2.45) is 23.2 Å². The normalized spacial score (nSPS) is 35.1. The molecule has 52 heavy (non-hydrogen) atoms. The van der Waals surface area contributed by atoms with Crippen LogP contribution in [0.15, 0.2) is 0 Å². The van der Waals surface area contributed by atoms with Crippen molar-refractivity contribution in [3.8, 4) is 0 Å². The van der Waals surface area contributed by atoms with Gasteiger partial charge in [-0.25, -0.2) is 0 Å². The molecule has 0 aromatic heterocycles. The maximum atomic E-state index is 3.59. The Morgan fingerprint density at radius 3 is 0.981 bits per heavy atom. The SMILES string of the molecule is C1CC2CNCC(C1)N2.C1CCC2CCC2C1.C1CCCCC1.C1CCNC1.C1CCNCC1.C1CNC1.C1NCC12CNC2.C1NCC2NCC12. The summed E-state index contributed by atoms with van der Waals surface area (Å²) in [4.78, 5) is 0. The van der Waals surface area contributed by atoms with Crippen molar-refractivity contribution in [2.75, 3.05) is 98.2 Å². The molecule has 1 spiro atoms. The van der Waals surface area contributed by atoms with Gasteiger partial charge in [0.15, 0.2) is 0 Å². The highest BCUT2D eigenvalue weighted by molar-refractivity contribution is 5.02. The van der Waals surface area contributed by atoms with Crippen LogP contribution in [0.5, 0.6) is 0 Å². The molecule has 0 radical (unpaired) electrons. The van der Waals surface area contributed by atoms with Gasteiger partial charge < -0.3 is 47.9 Å². The number of rotatable bonds is 0. The first-order valence-corrected chi connectivity index (χ1v) is 23.2. The lowest BCUT2D eigenvalue weighted by molar-refractivity contribution is 0.0895. The number of piperidine rings is 2. The Morgan fingerprint density at radius 2 is 0.750 bits per heavy atom. The zero-order valence-corrected chi connectivity index (χ0v) is 33.9. The third-order valence-electron chi connectivity index (χ3n) is 13.7. The lowest BCUT2D eigenvalue weighted by Gasteiger charge is -2.50. The van der Waals surface area contributed by atoms with Crippen molar-refractivity contribution in [1.29, 1.82) is 0 Å². The molecule has 12 fully saturated rings. The fourth-order valence-electron chi connectivity index (χ4n) is 9.28. The van der Waals surface area contributed by atoms with Crippen LogP contribution in [0.2, 0.25) is 0 Å². The number of piperazine rings is 1. The fraction of sp³-hybridized carbons (Fsp3) is 1.00. The van der Waals surface area contributed by atoms with Crippen LogP contribution in [-0.2, 0) is 0 Å². The van der Waals surface area contributed by atoms with E-state index < -0.39 is 0 Å². The average molecular weight is 730 g/mol. The summed E-state index contributed by atoms with van der Waals surface area (Å²) in [6.45, 7) is 18.6. The van der Waals surface area contributed by atoms with Crippen LogP contribution in [0.1, 0.15) is 135 Å².